The zero-order chi connectivity index (χ0) is 18.2. The third kappa shape index (κ3) is 3.87. The van der Waals surface area contributed by atoms with E-state index in [1.807, 2.05) is 22.6 Å². The van der Waals surface area contributed by atoms with Crippen LogP contribution in [0.2, 0.25) is 0 Å². The van der Waals surface area contributed by atoms with Crippen molar-refractivity contribution in [2.24, 2.45) is 5.92 Å². The van der Waals surface area contributed by atoms with Crippen molar-refractivity contribution >= 4 is 28.4 Å². The maximum atomic E-state index is 12.7. The van der Waals surface area contributed by atoms with Crippen LogP contribution in [0.4, 0.5) is 13.2 Å². The molecule has 0 aromatic carbocycles. The van der Waals surface area contributed by atoms with E-state index in [4.69, 9.17) is 0 Å². The van der Waals surface area contributed by atoms with Gasteiger partial charge in [-0.15, -0.1) is 0 Å². The van der Waals surface area contributed by atoms with Gasteiger partial charge in [0.25, 0.3) is 5.78 Å². The predicted molar refractivity (Wildman–Crippen MR) is 89.1 cm³/mol. The SMILES string of the molecule is CC1=C([N+](=O)[O-])CC(C)C(Cn2cc(I)cc2C(=O)C(F)(F)F)=C1. The van der Waals surface area contributed by atoms with Gasteiger partial charge in [-0.3, -0.25) is 14.9 Å². The molecule has 0 aliphatic heterocycles. The van der Waals surface area contributed by atoms with Crippen LogP contribution in [0.1, 0.15) is 30.8 Å². The highest BCUT2D eigenvalue weighted by Crippen LogP contribution is 2.31. The Morgan fingerprint density at radius 1 is 1.50 bits per heavy atom. The highest BCUT2D eigenvalue weighted by molar-refractivity contribution is 14.1. The number of aromatic nitrogens is 1. The zero-order valence-corrected chi connectivity index (χ0v) is 15.0. The average molecular weight is 454 g/mol. The minimum atomic E-state index is -4.94. The van der Waals surface area contributed by atoms with Crippen molar-refractivity contribution in [2.45, 2.75) is 33.0 Å². The fraction of sp³-hybridized carbons (Fsp3) is 0.400. The van der Waals surface area contributed by atoms with E-state index in [1.54, 1.807) is 19.9 Å². The fourth-order valence-electron chi connectivity index (χ4n) is 2.64. The molecule has 1 aromatic heterocycles. The molecule has 0 fully saturated rings. The maximum absolute atomic E-state index is 12.7. The number of Topliss-reactive ketones (excluding diaryl/α,β-unsaturated/α-hetero) is 1. The summed E-state index contributed by atoms with van der Waals surface area (Å²) in [6.45, 7) is 3.47. The molecule has 0 spiro atoms. The zero-order valence-electron chi connectivity index (χ0n) is 12.9. The van der Waals surface area contributed by atoms with Gasteiger partial charge in [0.2, 0.25) is 5.70 Å². The van der Waals surface area contributed by atoms with E-state index in [0.717, 1.165) is 5.57 Å². The van der Waals surface area contributed by atoms with Gasteiger partial charge in [-0.05, 0) is 47.1 Å². The lowest BCUT2D eigenvalue weighted by Gasteiger charge is -2.21. The molecule has 0 radical (unpaired) electrons. The van der Waals surface area contributed by atoms with Crippen LogP contribution in [0.15, 0.2) is 35.2 Å². The van der Waals surface area contributed by atoms with Crippen LogP contribution in [0.5, 0.6) is 0 Å². The molecule has 1 heterocycles. The largest absolute Gasteiger partial charge is 0.456 e. The molecule has 1 aliphatic carbocycles. The molecule has 5 nitrogen and oxygen atoms in total. The molecule has 9 heteroatoms. The number of halogens is 4. The highest BCUT2D eigenvalue weighted by Gasteiger charge is 2.41. The number of carbonyl (C=O) groups excluding carboxylic acids is 1. The normalized spacial score (nSPS) is 18.6. The molecule has 1 aromatic rings. The van der Waals surface area contributed by atoms with E-state index in [-0.39, 0.29) is 24.6 Å². The van der Waals surface area contributed by atoms with Crippen molar-refractivity contribution in [3.8, 4) is 0 Å². The average Bonchev–Trinajstić information content (AvgIpc) is 2.80. The summed E-state index contributed by atoms with van der Waals surface area (Å²) in [6, 6.07) is 1.19. The Labute approximate surface area is 149 Å². The topological polar surface area (TPSA) is 65.1 Å². The number of hydrogen-bond acceptors (Lipinski definition) is 3. The smallest absolute Gasteiger partial charge is 0.340 e. The van der Waals surface area contributed by atoms with E-state index in [0.29, 0.717) is 9.14 Å². The van der Waals surface area contributed by atoms with Crippen LogP contribution in [-0.2, 0) is 6.54 Å². The van der Waals surface area contributed by atoms with Crippen molar-refractivity contribution in [3.63, 3.8) is 0 Å². The Morgan fingerprint density at radius 2 is 2.12 bits per heavy atom. The second-order valence-corrected chi connectivity index (χ2v) is 6.96. The molecule has 1 atom stereocenters. The van der Waals surface area contributed by atoms with Crippen LogP contribution in [0.3, 0.4) is 0 Å². The van der Waals surface area contributed by atoms with Gasteiger partial charge in [-0.25, -0.2) is 0 Å². The van der Waals surface area contributed by atoms with Gasteiger partial charge in [0, 0.05) is 28.3 Å². The first kappa shape index (κ1) is 18.7. The second kappa shape index (κ2) is 6.69. The third-order valence-electron chi connectivity index (χ3n) is 3.92. The number of carbonyl (C=O) groups is 1. The quantitative estimate of drug-likeness (QED) is 0.294. The summed E-state index contributed by atoms with van der Waals surface area (Å²) in [5.41, 5.74) is 0.918. The standard InChI is InChI=1S/C15H14F3IN2O3/c1-8-4-12(21(23)24)9(2)3-10(8)6-20-7-11(19)5-13(20)14(22)15(16,17)18/h3,5,7-8H,4,6H2,1-2H3. The molecule has 0 amide bonds. The summed E-state index contributed by atoms with van der Waals surface area (Å²) in [4.78, 5) is 22.1. The third-order valence-corrected chi connectivity index (χ3v) is 4.51. The van der Waals surface area contributed by atoms with Crippen LogP contribution in [0.25, 0.3) is 0 Å². The first-order valence-electron chi connectivity index (χ1n) is 7.02. The molecular formula is C15H14F3IN2O3. The summed E-state index contributed by atoms with van der Waals surface area (Å²) in [5.74, 6) is -2.09. The van der Waals surface area contributed by atoms with Crippen LogP contribution in [0, 0.1) is 19.6 Å². The summed E-state index contributed by atoms with van der Waals surface area (Å²) < 4.78 is 39.9. The Balaban J connectivity index is 2.37. The Hall–Kier alpha value is -1.65. The lowest BCUT2D eigenvalue weighted by molar-refractivity contribution is -0.429. The van der Waals surface area contributed by atoms with E-state index in [1.165, 1.54) is 16.8 Å². The highest BCUT2D eigenvalue weighted by atomic mass is 127. The lowest BCUT2D eigenvalue weighted by Crippen LogP contribution is -2.26. The van der Waals surface area contributed by atoms with Gasteiger partial charge in [-0.2, -0.15) is 13.2 Å². The van der Waals surface area contributed by atoms with Crippen molar-refractivity contribution < 1.29 is 22.9 Å². The van der Waals surface area contributed by atoms with Crippen molar-refractivity contribution in [2.75, 3.05) is 0 Å². The molecule has 24 heavy (non-hydrogen) atoms. The number of nitro groups is 1. The van der Waals surface area contributed by atoms with E-state index in [9.17, 15) is 28.1 Å². The minimum absolute atomic E-state index is 0.0870. The van der Waals surface area contributed by atoms with Crippen molar-refractivity contribution in [1.29, 1.82) is 0 Å². The number of allylic oxidation sites excluding steroid dienone is 4. The number of nitrogens with zero attached hydrogens (tertiary/aromatic N) is 2. The summed E-state index contributed by atoms with van der Waals surface area (Å²) in [5, 5.41) is 11.0. The fourth-order valence-corrected chi connectivity index (χ4v) is 3.27. The van der Waals surface area contributed by atoms with Gasteiger partial charge in [0.15, 0.2) is 0 Å². The molecular weight excluding hydrogens is 440 g/mol. The molecule has 1 aliphatic rings. The Bertz CT molecular complexity index is 763. The monoisotopic (exact) mass is 454 g/mol. The number of rotatable bonds is 4. The van der Waals surface area contributed by atoms with E-state index in [2.05, 4.69) is 0 Å². The molecule has 0 bridgehead atoms. The van der Waals surface area contributed by atoms with Gasteiger partial charge >= 0.3 is 6.18 Å². The van der Waals surface area contributed by atoms with Crippen LogP contribution >= 0.6 is 22.6 Å². The van der Waals surface area contributed by atoms with Gasteiger partial charge < -0.3 is 4.57 Å². The Kier molecular flexibility index (Phi) is 5.21. The molecule has 0 N–H and O–H groups in total. The van der Waals surface area contributed by atoms with Crippen LogP contribution in [-0.4, -0.2) is 21.4 Å². The Morgan fingerprint density at radius 3 is 2.67 bits per heavy atom. The van der Waals surface area contributed by atoms with Crippen LogP contribution < -0.4 is 0 Å². The molecule has 0 saturated heterocycles. The first-order valence-corrected chi connectivity index (χ1v) is 8.10. The first-order chi connectivity index (χ1) is 11.0. The lowest BCUT2D eigenvalue weighted by atomic mass is 9.88. The minimum Gasteiger partial charge on any atom is -0.340 e. The van der Waals surface area contributed by atoms with E-state index >= 15 is 0 Å². The van der Waals surface area contributed by atoms with E-state index < -0.39 is 22.6 Å². The van der Waals surface area contributed by atoms with Gasteiger partial charge in [-0.1, -0.05) is 13.0 Å². The molecule has 1 unspecified atom stereocenters. The second-order valence-electron chi connectivity index (χ2n) is 5.71. The van der Waals surface area contributed by atoms with Gasteiger partial charge in [0.1, 0.15) is 0 Å². The molecule has 130 valence electrons. The summed E-state index contributed by atoms with van der Waals surface area (Å²) >= 11 is 1.84. The number of ketones is 1. The molecule has 0 saturated carbocycles. The maximum Gasteiger partial charge on any atom is 0.456 e. The number of alkyl halides is 3. The molecule has 2 rings (SSSR count). The summed E-state index contributed by atoms with van der Waals surface area (Å²) in [6.07, 6.45) is -1.64. The summed E-state index contributed by atoms with van der Waals surface area (Å²) in [7, 11) is 0. The van der Waals surface area contributed by atoms with Crippen molar-refractivity contribution in [3.05, 3.63) is 54.6 Å². The van der Waals surface area contributed by atoms with Gasteiger partial charge in [0.05, 0.1) is 10.6 Å². The number of hydrogen-bond donors (Lipinski definition) is 0. The van der Waals surface area contributed by atoms with Crippen molar-refractivity contribution in [1.82, 2.24) is 4.57 Å². The predicted octanol–water partition coefficient (Wildman–Crippen LogP) is 4.35.